The van der Waals surface area contributed by atoms with Crippen LogP contribution < -0.4 is 4.74 Å². The number of pyridine rings is 1. The highest BCUT2D eigenvalue weighted by molar-refractivity contribution is 5.44. The molecule has 1 saturated carbocycles. The molecule has 2 aliphatic carbocycles. The summed E-state index contributed by atoms with van der Waals surface area (Å²) in [5, 5.41) is 11.9. The molecule has 0 unspecified atom stereocenters. The lowest BCUT2D eigenvalue weighted by Crippen LogP contribution is -2.58. The van der Waals surface area contributed by atoms with E-state index in [1.165, 1.54) is 48.8 Å². The first-order valence-corrected chi connectivity index (χ1v) is 11.6. The maximum Gasteiger partial charge on any atom is 0.123 e. The number of aromatic nitrogens is 1. The van der Waals surface area contributed by atoms with Crippen LogP contribution in [0.5, 0.6) is 5.75 Å². The van der Waals surface area contributed by atoms with Crippen molar-refractivity contribution in [2.75, 3.05) is 20.2 Å². The number of hydrogen-bond acceptors (Lipinski definition) is 4. The summed E-state index contributed by atoms with van der Waals surface area (Å²) in [7, 11) is 1.79. The molecule has 4 heteroatoms. The van der Waals surface area contributed by atoms with Crippen LogP contribution in [0.2, 0.25) is 0 Å². The molecule has 2 atom stereocenters. The van der Waals surface area contributed by atoms with Crippen LogP contribution in [-0.2, 0) is 25.0 Å². The number of hydrogen-bond donors (Lipinski definition) is 1. The predicted octanol–water partition coefficient (Wildman–Crippen LogP) is 4.40. The Morgan fingerprint density at radius 2 is 1.80 bits per heavy atom. The lowest BCUT2D eigenvalue weighted by atomic mass is 9.63. The number of likely N-dealkylation sites (tertiary alicyclic amines) is 1. The van der Waals surface area contributed by atoms with Crippen molar-refractivity contribution < 1.29 is 9.84 Å². The normalized spacial score (nSPS) is 28.8. The maximum absolute atomic E-state index is 11.9. The fourth-order valence-corrected chi connectivity index (χ4v) is 6.33. The van der Waals surface area contributed by atoms with Crippen LogP contribution in [0.1, 0.15) is 60.1 Å². The van der Waals surface area contributed by atoms with Crippen LogP contribution in [0.15, 0.2) is 30.5 Å². The van der Waals surface area contributed by atoms with E-state index in [9.17, 15) is 5.11 Å². The van der Waals surface area contributed by atoms with Crippen molar-refractivity contribution in [1.29, 1.82) is 0 Å². The SMILES string of the molecule is COc1cc2c(cc1CN1C[C@H]3CCC[C@H](C1)C3(O)c1ncccc1C)CCCC2. The average molecular weight is 407 g/mol. The fourth-order valence-electron chi connectivity index (χ4n) is 6.33. The Kier molecular flexibility index (Phi) is 5.32. The molecule has 5 rings (SSSR count). The number of aryl methyl sites for hydroxylation is 3. The number of nitrogens with zero attached hydrogens (tertiary/aromatic N) is 2. The largest absolute Gasteiger partial charge is 0.496 e. The van der Waals surface area contributed by atoms with Gasteiger partial charge in [-0.1, -0.05) is 18.6 Å². The van der Waals surface area contributed by atoms with Crippen LogP contribution in [0.4, 0.5) is 0 Å². The molecule has 1 aromatic carbocycles. The molecule has 2 bridgehead atoms. The average Bonchev–Trinajstić information content (AvgIpc) is 2.74. The zero-order chi connectivity index (χ0) is 20.7. The molecule has 1 aromatic heterocycles. The van der Waals surface area contributed by atoms with Gasteiger partial charge in [-0.15, -0.1) is 0 Å². The molecular formula is C26H34N2O2. The van der Waals surface area contributed by atoms with Crippen molar-refractivity contribution in [2.45, 2.75) is 64.0 Å². The topological polar surface area (TPSA) is 45.6 Å². The second kappa shape index (κ2) is 7.97. The third-order valence-electron chi connectivity index (χ3n) is 7.83. The highest BCUT2D eigenvalue weighted by Crippen LogP contribution is 2.49. The molecule has 1 N–H and O–H groups in total. The van der Waals surface area contributed by atoms with Gasteiger partial charge in [0.25, 0.3) is 0 Å². The van der Waals surface area contributed by atoms with E-state index in [0.29, 0.717) is 0 Å². The van der Waals surface area contributed by atoms with Crippen molar-refractivity contribution >= 4 is 0 Å². The van der Waals surface area contributed by atoms with Crippen molar-refractivity contribution in [3.63, 3.8) is 0 Å². The first-order chi connectivity index (χ1) is 14.6. The first-order valence-electron chi connectivity index (χ1n) is 11.6. The predicted molar refractivity (Wildman–Crippen MR) is 119 cm³/mol. The van der Waals surface area contributed by atoms with E-state index in [1.54, 1.807) is 7.11 Å². The van der Waals surface area contributed by atoms with E-state index >= 15 is 0 Å². The summed E-state index contributed by atoms with van der Waals surface area (Å²) in [4.78, 5) is 7.20. The Morgan fingerprint density at radius 1 is 1.10 bits per heavy atom. The van der Waals surface area contributed by atoms with Crippen molar-refractivity contribution in [3.8, 4) is 5.75 Å². The number of methoxy groups -OCH3 is 1. The van der Waals surface area contributed by atoms with Crippen LogP contribution in [-0.4, -0.2) is 35.2 Å². The molecule has 0 radical (unpaired) electrons. The van der Waals surface area contributed by atoms with Gasteiger partial charge in [0, 0.05) is 43.2 Å². The van der Waals surface area contributed by atoms with Gasteiger partial charge in [-0.05, 0) is 74.3 Å². The quantitative estimate of drug-likeness (QED) is 0.818. The summed E-state index contributed by atoms with van der Waals surface area (Å²) < 4.78 is 5.79. The van der Waals surface area contributed by atoms with Gasteiger partial charge < -0.3 is 9.84 Å². The number of rotatable bonds is 4. The zero-order valence-corrected chi connectivity index (χ0v) is 18.4. The molecule has 3 aliphatic rings. The highest BCUT2D eigenvalue weighted by Gasteiger charge is 2.52. The molecule has 1 saturated heterocycles. The Bertz CT molecular complexity index is 911. The summed E-state index contributed by atoms with van der Waals surface area (Å²) in [5.41, 5.74) is 5.51. The lowest BCUT2D eigenvalue weighted by Gasteiger charge is -2.53. The maximum atomic E-state index is 11.9. The number of aliphatic hydroxyl groups is 1. The van der Waals surface area contributed by atoms with Gasteiger partial charge in [0.1, 0.15) is 11.4 Å². The number of ether oxygens (including phenoxy) is 1. The minimum Gasteiger partial charge on any atom is -0.496 e. The molecule has 1 aliphatic heterocycles. The van der Waals surface area contributed by atoms with Gasteiger partial charge in [-0.2, -0.15) is 0 Å². The molecule has 2 aromatic rings. The van der Waals surface area contributed by atoms with E-state index in [1.807, 2.05) is 12.3 Å². The Labute approximate surface area is 180 Å². The van der Waals surface area contributed by atoms with Crippen LogP contribution in [0.3, 0.4) is 0 Å². The third kappa shape index (κ3) is 3.34. The molecular weight excluding hydrogens is 372 g/mol. The standard InChI is InChI=1S/C26H34N2O2/c1-18-7-6-12-27-25(18)26(29)22-10-5-11-23(26)17-28(16-22)15-21-13-19-8-3-4-9-20(19)14-24(21)30-2/h6-7,12-14,22-23,29H,3-5,8-11,15-17H2,1-2H3/t22-,23-/m1/s1. The van der Waals surface area contributed by atoms with Crippen LogP contribution in [0, 0.1) is 18.8 Å². The first kappa shape index (κ1) is 20.0. The molecule has 160 valence electrons. The molecule has 0 amide bonds. The number of piperidine rings is 1. The number of fused-ring (bicyclic) bond motifs is 3. The zero-order valence-electron chi connectivity index (χ0n) is 18.4. The monoisotopic (exact) mass is 406 g/mol. The molecule has 30 heavy (non-hydrogen) atoms. The van der Waals surface area contributed by atoms with E-state index < -0.39 is 5.60 Å². The smallest absolute Gasteiger partial charge is 0.123 e. The number of benzene rings is 1. The van der Waals surface area contributed by atoms with Crippen molar-refractivity contribution in [1.82, 2.24) is 9.88 Å². The molecule has 2 heterocycles. The van der Waals surface area contributed by atoms with Crippen molar-refractivity contribution in [3.05, 3.63) is 58.4 Å². The van der Waals surface area contributed by atoms with Gasteiger partial charge in [-0.3, -0.25) is 9.88 Å². The Hall–Kier alpha value is -1.91. The third-order valence-corrected chi connectivity index (χ3v) is 7.83. The summed E-state index contributed by atoms with van der Waals surface area (Å²) in [5.74, 6) is 1.51. The molecule has 0 spiro atoms. The minimum absolute atomic E-state index is 0.238. The van der Waals surface area contributed by atoms with Gasteiger partial charge in [-0.25, -0.2) is 0 Å². The fraction of sp³-hybridized carbons (Fsp3) is 0.577. The second-order valence-corrected chi connectivity index (χ2v) is 9.65. The van der Waals surface area contributed by atoms with Crippen LogP contribution in [0.25, 0.3) is 0 Å². The highest BCUT2D eigenvalue weighted by atomic mass is 16.5. The molecule has 4 nitrogen and oxygen atoms in total. The molecule has 2 fully saturated rings. The second-order valence-electron chi connectivity index (χ2n) is 9.65. The van der Waals surface area contributed by atoms with Gasteiger partial charge in [0.2, 0.25) is 0 Å². The van der Waals surface area contributed by atoms with E-state index in [0.717, 1.165) is 49.5 Å². The van der Waals surface area contributed by atoms with Gasteiger partial charge >= 0.3 is 0 Å². The minimum atomic E-state index is -0.792. The summed E-state index contributed by atoms with van der Waals surface area (Å²) in [6.45, 7) is 4.83. The summed E-state index contributed by atoms with van der Waals surface area (Å²) in [6.07, 6.45) is 10.1. The van der Waals surface area contributed by atoms with Crippen LogP contribution >= 0.6 is 0 Å². The van der Waals surface area contributed by atoms with E-state index in [-0.39, 0.29) is 11.8 Å². The Morgan fingerprint density at radius 3 is 2.47 bits per heavy atom. The summed E-state index contributed by atoms with van der Waals surface area (Å²) in [6, 6.07) is 8.73. The van der Waals surface area contributed by atoms with Gasteiger partial charge in [0.05, 0.1) is 12.8 Å². The Balaban J connectivity index is 1.41. The van der Waals surface area contributed by atoms with Gasteiger partial charge in [0.15, 0.2) is 0 Å². The summed E-state index contributed by atoms with van der Waals surface area (Å²) >= 11 is 0. The van der Waals surface area contributed by atoms with E-state index in [4.69, 9.17) is 4.74 Å². The van der Waals surface area contributed by atoms with E-state index in [2.05, 4.69) is 35.0 Å². The van der Waals surface area contributed by atoms with Crippen molar-refractivity contribution in [2.24, 2.45) is 11.8 Å². The lowest BCUT2D eigenvalue weighted by molar-refractivity contribution is -0.151.